The number of hydrogen-bond acceptors (Lipinski definition) is 4. The van der Waals surface area contributed by atoms with Crippen molar-refractivity contribution in [2.45, 2.75) is 63.3 Å². The minimum atomic E-state index is -0.194. The lowest BCUT2D eigenvalue weighted by atomic mass is 9.99. The van der Waals surface area contributed by atoms with Gasteiger partial charge in [0.2, 0.25) is 5.91 Å². The zero-order valence-corrected chi connectivity index (χ0v) is 19.4. The summed E-state index contributed by atoms with van der Waals surface area (Å²) in [6, 6.07) is 9.98. The van der Waals surface area contributed by atoms with Gasteiger partial charge >= 0.3 is 0 Å². The van der Waals surface area contributed by atoms with Crippen molar-refractivity contribution in [2.24, 2.45) is 13.0 Å². The Morgan fingerprint density at radius 2 is 1.90 bits per heavy atom. The van der Waals surface area contributed by atoms with Gasteiger partial charge in [-0.05, 0) is 37.7 Å². The number of hydrogen-bond donors (Lipinski definition) is 0. The van der Waals surface area contributed by atoms with Crippen molar-refractivity contribution < 1.29 is 4.79 Å². The summed E-state index contributed by atoms with van der Waals surface area (Å²) in [7, 11) is 1.77. The molecular formula is C24H33N3O2S. The predicted molar refractivity (Wildman–Crippen MR) is 123 cm³/mol. The van der Waals surface area contributed by atoms with E-state index >= 15 is 0 Å². The molecule has 1 fully saturated rings. The first kappa shape index (κ1) is 22.6. The molecule has 0 aliphatic carbocycles. The molecule has 1 atom stereocenters. The number of thioether (sulfide) groups is 1. The maximum Gasteiger partial charge on any atom is 0.257 e. The van der Waals surface area contributed by atoms with Gasteiger partial charge in [-0.3, -0.25) is 14.2 Å². The fraction of sp³-hybridized carbons (Fsp3) is 0.542. The number of likely N-dealkylation sites (tertiary alicyclic amines) is 1. The van der Waals surface area contributed by atoms with Crippen molar-refractivity contribution in [2.75, 3.05) is 13.1 Å². The summed E-state index contributed by atoms with van der Waals surface area (Å²) in [5.74, 6) is 0.877. The Morgan fingerprint density at radius 1 is 1.23 bits per heavy atom. The van der Waals surface area contributed by atoms with E-state index in [1.165, 1.54) is 11.8 Å². The third kappa shape index (κ3) is 5.34. The molecule has 0 N–H and O–H groups in total. The average molecular weight is 428 g/mol. The van der Waals surface area contributed by atoms with E-state index in [9.17, 15) is 9.59 Å². The molecule has 1 aromatic carbocycles. The van der Waals surface area contributed by atoms with Crippen molar-refractivity contribution in [1.82, 2.24) is 14.5 Å². The Kier molecular flexibility index (Phi) is 7.75. The number of carbonyl (C=O) groups is 1. The van der Waals surface area contributed by atoms with Gasteiger partial charge in [0.1, 0.15) is 0 Å². The van der Waals surface area contributed by atoms with E-state index in [1.807, 2.05) is 42.2 Å². The SMILES string of the molecule is CCCC(Sc1nc(C)c(Cc2ccccc2)c(=O)n1C)C(=O)N1CCC(C)CC1. The molecule has 1 amide bonds. The molecule has 1 aliphatic heterocycles. The van der Waals surface area contributed by atoms with E-state index < -0.39 is 0 Å². The quantitative estimate of drug-likeness (QED) is 0.491. The number of benzene rings is 1. The minimum Gasteiger partial charge on any atom is -0.342 e. The van der Waals surface area contributed by atoms with Crippen molar-refractivity contribution >= 4 is 17.7 Å². The van der Waals surface area contributed by atoms with Crippen LogP contribution in [0, 0.1) is 12.8 Å². The van der Waals surface area contributed by atoms with Gasteiger partial charge in [-0.1, -0.05) is 62.4 Å². The van der Waals surface area contributed by atoms with Crippen LogP contribution in [0.1, 0.15) is 56.4 Å². The maximum absolute atomic E-state index is 13.2. The van der Waals surface area contributed by atoms with E-state index in [0.717, 1.165) is 55.6 Å². The highest BCUT2D eigenvalue weighted by atomic mass is 32.2. The topological polar surface area (TPSA) is 55.2 Å². The van der Waals surface area contributed by atoms with Gasteiger partial charge < -0.3 is 4.90 Å². The fourth-order valence-electron chi connectivity index (χ4n) is 3.89. The Labute approximate surface area is 183 Å². The molecule has 30 heavy (non-hydrogen) atoms. The smallest absolute Gasteiger partial charge is 0.257 e. The predicted octanol–water partition coefficient (Wildman–Crippen LogP) is 4.20. The molecule has 2 aromatic rings. The molecule has 162 valence electrons. The first-order valence-corrected chi connectivity index (χ1v) is 11.8. The molecular weight excluding hydrogens is 394 g/mol. The lowest BCUT2D eigenvalue weighted by Crippen LogP contribution is -2.42. The van der Waals surface area contributed by atoms with Gasteiger partial charge in [0.05, 0.1) is 5.25 Å². The summed E-state index contributed by atoms with van der Waals surface area (Å²) in [6.45, 7) is 7.91. The number of nitrogens with zero attached hydrogens (tertiary/aromatic N) is 3. The highest BCUT2D eigenvalue weighted by Crippen LogP contribution is 2.28. The molecule has 1 aromatic heterocycles. The molecule has 5 nitrogen and oxygen atoms in total. The molecule has 1 aliphatic rings. The second kappa shape index (κ2) is 10.3. The average Bonchev–Trinajstić information content (AvgIpc) is 2.75. The van der Waals surface area contributed by atoms with Gasteiger partial charge in [0.15, 0.2) is 5.16 Å². The lowest BCUT2D eigenvalue weighted by molar-refractivity contribution is -0.132. The summed E-state index contributed by atoms with van der Waals surface area (Å²) in [4.78, 5) is 33.0. The summed E-state index contributed by atoms with van der Waals surface area (Å²) in [6.07, 6.45) is 4.42. The number of aryl methyl sites for hydroxylation is 1. The van der Waals surface area contributed by atoms with Gasteiger partial charge in [-0.25, -0.2) is 4.98 Å². The molecule has 3 rings (SSSR count). The monoisotopic (exact) mass is 427 g/mol. The standard InChI is InChI=1S/C24H33N3O2S/c1-5-9-21(23(29)27-14-12-17(2)13-15-27)30-24-25-18(3)20(22(28)26(24)4)16-19-10-7-6-8-11-19/h6-8,10-11,17,21H,5,9,12-16H2,1-4H3. The van der Waals surface area contributed by atoms with E-state index in [-0.39, 0.29) is 16.7 Å². The Balaban J connectivity index is 1.81. The molecule has 1 saturated heterocycles. The number of aromatic nitrogens is 2. The van der Waals surface area contributed by atoms with E-state index in [4.69, 9.17) is 4.98 Å². The fourth-order valence-corrected chi connectivity index (χ4v) is 5.18. The van der Waals surface area contributed by atoms with Crippen molar-refractivity contribution in [3.8, 4) is 0 Å². The van der Waals surface area contributed by atoms with Crippen LogP contribution in [0.4, 0.5) is 0 Å². The van der Waals surface area contributed by atoms with Crippen molar-refractivity contribution in [3.63, 3.8) is 0 Å². The molecule has 0 saturated carbocycles. The van der Waals surface area contributed by atoms with Crippen LogP contribution in [0.3, 0.4) is 0 Å². The van der Waals surface area contributed by atoms with Crippen LogP contribution < -0.4 is 5.56 Å². The molecule has 2 heterocycles. The Morgan fingerprint density at radius 3 is 2.53 bits per heavy atom. The molecule has 0 spiro atoms. The highest BCUT2D eigenvalue weighted by Gasteiger charge is 2.29. The number of carbonyl (C=O) groups excluding carboxylic acids is 1. The number of amides is 1. The van der Waals surface area contributed by atoms with E-state index in [0.29, 0.717) is 17.5 Å². The minimum absolute atomic E-state index is 0.0247. The van der Waals surface area contributed by atoms with Crippen LogP contribution in [0.5, 0.6) is 0 Å². The van der Waals surface area contributed by atoms with Gasteiger partial charge in [0.25, 0.3) is 5.56 Å². The summed E-state index contributed by atoms with van der Waals surface area (Å²) in [5, 5.41) is 0.437. The van der Waals surface area contributed by atoms with E-state index in [2.05, 4.69) is 13.8 Å². The van der Waals surface area contributed by atoms with Gasteiger partial charge in [-0.15, -0.1) is 0 Å². The second-order valence-corrected chi connectivity index (χ2v) is 9.56. The lowest BCUT2D eigenvalue weighted by Gasteiger charge is -2.33. The molecule has 0 bridgehead atoms. The third-order valence-corrected chi connectivity index (χ3v) is 7.24. The Hall–Kier alpha value is -2.08. The summed E-state index contributed by atoms with van der Waals surface area (Å²) >= 11 is 1.45. The largest absolute Gasteiger partial charge is 0.342 e. The van der Waals surface area contributed by atoms with Crippen LogP contribution in [0.25, 0.3) is 0 Å². The first-order chi connectivity index (χ1) is 14.4. The van der Waals surface area contributed by atoms with Crippen LogP contribution in [-0.4, -0.2) is 38.7 Å². The molecule has 1 unspecified atom stereocenters. The molecule has 0 radical (unpaired) electrons. The highest BCUT2D eigenvalue weighted by molar-refractivity contribution is 8.00. The van der Waals surface area contributed by atoms with Crippen LogP contribution in [0.2, 0.25) is 0 Å². The Bertz CT molecular complexity index is 918. The first-order valence-electron chi connectivity index (χ1n) is 11.0. The van der Waals surface area contributed by atoms with Crippen molar-refractivity contribution in [3.05, 3.63) is 57.5 Å². The van der Waals surface area contributed by atoms with Crippen LogP contribution in [0.15, 0.2) is 40.3 Å². The zero-order chi connectivity index (χ0) is 21.7. The van der Waals surface area contributed by atoms with Crippen LogP contribution in [-0.2, 0) is 18.3 Å². The third-order valence-electron chi connectivity index (χ3n) is 5.94. The maximum atomic E-state index is 13.2. The second-order valence-electron chi connectivity index (χ2n) is 8.39. The van der Waals surface area contributed by atoms with E-state index in [1.54, 1.807) is 11.6 Å². The van der Waals surface area contributed by atoms with Crippen LogP contribution >= 0.6 is 11.8 Å². The number of piperidine rings is 1. The van der Waals surface area contributed by atoms with Gasteiger partial charge in [-0.2, -0.15) is 0 Å². The van der Waals surface area contributed by atoms with Gasteiger partial charge in [0, 0.05) is 37.8 Å². The normalized spacial score (nSPS) is 15.9. The van der Waals surface area contributed by atoms with Crippen molar-refractivity contribution in [1.29, 1.82) is 0 Å². The summed E-state index contributed by atoms with van der Waals surface area (Å²) < 4.78 is 1.62. The number of rotatable bonds is 7. The molecule has 6 heteroatoms. The summed E-state index contributed by atoms with van der Waals surface area (Å²) in [5.41, 5.74) is 2.54. The zero-order valence-electron chi connectivity index (χ0n) is 18.6.